The Kier molecular flexibility index (Phi) is 4.38. The smallest absolute Gasteiger partial charge is 0.148 e. The highest BCUT2D eigenvalue weighted by Gasteiger charge is 2.06. The van der Waals surface area contributed by atoms with Gasteiger partial charge in [0.15, 0.2) is 0 Å². The van der Waals surface area contributed by atoms with Crippen LogP contribution in [0.2, 0.25) is 5.02 Å². The molecular weight excluding hydrogens is 265 g/mol. The Labute approximate surface area is 116 Å². The van der Waals surface area contributed by atoms with Crippen molar-refractivity contribution in [1.82, 2.24) is 0 Å². The summed E-state index contributed by atoms with van der Waals surface area (Å²) in [6, 6.07) is 14.0. The third kappa shape index (κ3) is 3.46. The largest absolute Gasteiger partial charge is 0.489 e. The van der Waals surface area contributed by atoms with E-state index < -0.39 is 5.82 Å². The number of nitriles is 1. The van der Waals surface area contributed by atoms with Crippen molar-refractivity contribution in [3.05, 3.63) is 64.4 Å². The van der Waals surface area contributed by atoms with E-state index in [4.69, 9.17) is 21.6 Å². The minimum atomic E-state index is -0.453. The lowest BCUT2D eigenvalue weighted by Crippen LogP contribution is -1.99. The van der Waals surface area contributed by atoms with Crippen LogP contribution in [0.25, 0.3) is 0 Å². The molecule has 19 heavy (non-hydrogen) atoms. The van der Waals surface area contributed by atoms with E-state index in [1.165, 1.54) is 6.07 Å². The van der Waals surface area contributed by atoms with Gasteiger partial charge in [-0.2, -0.15) is 5.26 Å². The minimum Gasteiger partial charge on any atom is -0.489 e. The first-order valence-electron chi connectivity index (χ1n) is 5.72. The summed E-state index contributed by atoms with van der Waals surface area (Å²) >= 11 is 5.69. The van der Waals surface area contributed by atoms with Gasteiger partial charge in [0.25, 0.3) is 0 Å². The summed E-state index contributed by atoms with van der Waals surface area (Å²) in [5, 5.41) is 8.65. The van der Waals surface area contributed by atoms with E-state index in [1.807, 2.05) is 12.1 Å². The Hall–Kier alpha value is -2.05. The summed E-state index contributed by atoms with van der Waals surface area (Å²) < 4.78 is 19.1. The molecule has 0 atom stereocenters. The molecule has 2 nitrogen and oxygen atoms in total. The lowest BCUT2D eigenvalue weighted by atomic mass is 10.1. The molecule has 0 N–H and O–H groups in total. The Morgan fingerprint density at radius 3 is 2.58 bits per heavy atom. The zero-order chi connectivity index (χ0) is 13.7. The molecule has 0 bridgehead atoms. The average Bonchev–Trinajstić information content (AvgIpc) is 2.42. The highest BCUT2D eigenvalue weighted by molar-refractivity contribution is 6.30. The molecule has 0 fully saturated rings. The number of hydrogen-bond acceptors (Lipinski definition) is 2. The summed E-state index contributed by atoms with van der Waals surface area (Å²) in [6.45, 7) is 0.115. The number of benzene rings is 2. The summed E-state index contributed by atoms with van der Waals surface area (Å²) in [5.74, 6) is 0.173. The van der Waals surface area contributed by atoms with E-state index in [0.717, 1.165) is 5.56 Å². The first-order chi connectivity index (χ1) is 9.20. The molecule has 0 unspecified atom stereocenters. The molecule has 0 aliphatic rings. The molecule has 0 aromatic heterocycles. The van der Waals surface area contributed by atoms with Gasteiger partial charge in [-0.3, -0.25) is 0 Å². The van der Waals surface area contributed by atoms with E-state index in [9.17, 15) is 4.39 Å². The van der Waals surface area contributed by atoms with E-state index >= 15 is 0 Å². The van der Waals surface area contributed by atoms with Gasteiger partial charge in [-0.25, -0.2) is 4.39 Å². The van der Waals surface area contributed by atoms with Crippen molar-refractivity contribution in [1.29, 1.82) is 5.26 Å². The van der Waals surface area contributed by atoms with Gasteiger partial charge < -0.3 is 4.74 Å². The van der Waals surface area contributed by atoms with Gasteiger partial charge in [0.1, 0.15) is 18.2 Å². The molecule has 0 radical (unpaired) electrons. The highest BCUT2D eigenvalue weighted by Crippen LogP contribution is 2.20. The van der Waals surface area contributed by atoms with Crippen molar-refractivity contribution in [3.63, 3.8) is 0 Å². The normalized spacial score (nSPS) is 9.95. The van der Waals surface area contributed by atoms with Crippen LogP contribution in [0, 0.1) is 17.1 Å². The van der Waals surface area contributed by atoms with Crippen LogP contribution in [-0.2, 0) is 13.0 Å². The second-order valence-electron chi connectivity index (χ2n) is 3.98. The third-order valence-corrected chi connectivity index (χ3v) is 2.92. The van der Waals surface area contributed by atoms with Crippen molar-refractivity contribution in [2.45, 2.75) is 13.0 Å². The van der Waals surface area contributed by atoms with Crippen LogP contribution in [0.1, 0.15) is 11.1 Å². The summed E-state index contributed by atoms with van der Waals surface area (Å²) in [7, 11) is 0. The topological polar surface area (TPSA) is 33.0 Å². The summed E-state index contributed by atoms with van der Waals surface area (Å²) in [4.78, 5) is 0. The second-order valence-corrected chi connectivity index (χ2v) is 4.39. The zero-order valence-corrected chi connectivity index (χ0v) is 10.8. The molecular formula is C15H11ClFNO. The minimum absolute atomic E-state index is 0.0884. The molecule has 0 saturated carbocycles. The number of ether oxygens (including phenoxy) is 1. The molecule has 2 aromatic rings. The predicted molar refractivity (Wildman–Crippen MR) is 71.5 cm³/mol. The van der Waals surface area contributed by atoms with Gasteiger partial charge in [-0.15, -0.1) is 0 Å². The molecule has 96 valence electrons. The lowest BCUT2D eigenvalue weighted by Gasteiger charge is -2.08. The molecule has 4 heteroatoms. The van der Waals surface area contributed by atoms with Crippen LogP contribution in [0.5, 0.6) is 5.75 Å². The van der Waals surface area contributed by atoms with Crippen molar-refractivity contribution in [2.24, 2.45) is 0 Å². The van der Waals surface area contributed by atoms with Gasteiger partial charge in [0.2, 0.25) is 0 Å². The van der Waals surface area contributed by atoms with E-state index in [1.54, 1.807) is 24.3 Å². The number of rotatable bonds is 4. The van der Waals surface area contributed by atoms with Crippen molar-refractivity contribution in [3.8, 4) is 11.8 Å². The summed E-state index contributed by atoms with van der Waals surface area (Å²) in [6.07, 6.45) is 0.364. The maximum absolute atomic E-state index is 13.6. The number of hydrogen-bond donors (Lipinski definition) is 0. The van der Waals surface area contributed by atoms with Crippen molar-refractivity contribution >= 4 is 11.6 Å². The number of nitrogens with zero attached hydrogens (tertiary/aromatic N) is 1. The molecule has 0 aliphatic carbocycles. The van der Waals surface area contributed by atoms with Crippen LogP contribution in [0.4, 0.5) is 4.39 Å². The Balaban J connectivity index is 2.02. The predicted octanol–water partition coefficient (Wildman–Crippen LogP) is 4.12. The molecule has 0 amide bonds. The Morgan fingerprint density at radius 1 is 1.16 bits per heavy atom. The van der Waals surface area contributed by atoms with E-state index in [2.05, 4.69) is 6.07 Å². The SMILES string of the molecule is N#CCc1ccc(OCc2cccc(Cl)c2F)cc1. The zero-order valence-electron chi connectivity index (χ0n) is 10.1. The fourth-order valence-electron chi connectivity index (χ4n) is 1.62. The van der Waals surface area contributed by atoms with Gasteiger partial charge in [0, 0.05) is 5.56 Å². The van der Waals surface area contributed by atoms with Crippen LogP contribution >= 0.6 is 11.6 Å². The number of halogens is 2. The fraction of sp³-hybridized carbons (Fsp3) is 0.133. The quantitative estimate of drug-likeness (QED) is 0.841. The molecule has 2 rings (SSSR count). The molecule has 0 heterocycles. The highest BCUT2D eigenvalue weighted by atomic mass is 35.5. The van der Waals surface area contributed by atoms with Gasteiger partial charge in [-0.1, -0.05) is 35.9 Å². The van der Waals surface area contributed by atoms with E-state index in [0.29, 0.717) is 17.7 Å². The van der Waals surface area contributed by atoms with E-state index in [-0.39, 0.29) is 11.6 Å². The monoisotopic (exact) mass is 275 g/mol. The summed E-state index contributed by atoms with van der Waals surface area (Å²) in [5.41, 5.74) is 1.33. The third-order valence-electron chi connectivity index (χ3n) is 2.63. The first kappa shape index (κ1) is 13.4. The van der Waals surface area contributed by atoms with Crippen LogP contribution in [0.3, 0.4) is 0 Å². The maximum Gasteiger partial charge on any atom is 0.148 e. The second kappa shape index (κ2) is 6.21. The molecule has 0 aliphatic heterocycles. The van der Waals surface area contributed by atoms with Gasteiger partial charge in [0.05, 0.1) is 17.5 Å². The van der Waals surface area contributed by atoms with Gasteiger partial charge >= 0.3 is 0 Å². The lowest BCUT2D eigenvalue weighted by molar-refractivity contribution is 0.300. The Morgan fingerprint density at radius 2 is 1.89 bits per heavy atom. The standard InChI is InChI=1S/C15H11ClFNO/c16-14-3-1-2-12(15(14)17)10-19-13-6-4-11(5-7-13)8-9-18/h1-7H,8,10H2. The average molecular weight is 276 g/mol. The van der Waals surface area contributed by atoms with Crippen molar-refractivity contribution in [2.75, 3.05) is 0 Å². The molecule has 0 spiro atoms. The van der Waals surface area contributed by atoms with Crippen molar-refractivity contribution < 1.29 is 9.13 Å². The first-order valence-corrected chi connectivity index (χ1v) is 6.10. The van der Waals surface area contributed by atoms with Crippen LogP contribution < -0.4 is 4.74 Å². The fourth-order valence-corrected chi connectivity index (χ4v) is 1.81. The molecule has 2 aromatic carbocycles. The molecule has 0 saturated heterocycles. The maximum atomic E-state index is 13.6. The van der Waals surface area contributed by atoms with Crippen LogP contribution in [-0.4, -0.2) is 0 Å². The van der Waals surface area contributed by atoms with Gasteiger partial charge in [-0.05, 0) is 23.8 Å². The van der Waals surface area contributed by atoms with Crippen LogP contribution in [0.15, 0.2) is 42.5 Å². The Bertz CT molecular complexity index is 605.